The van der Waals surface area contributed by atoms with E-state index in [9.17, 15) is 30.3 Å². The number of ether oxygens (including phenoxy) is 9. The Bertz CT molecular complexity index is 1690. The molecule has 0 radical (unpaired) electrons. The molecule has 21 atom stereocenters. The summed E-state index contributed by atoms with van der Waals surface area (Å²) in [5.74, 6) is -2.25. The number of carbonyl (C=O) groups is 1. The molecule has 15 nitrogen and oxygen atoms in total. The molecule has 62 heavy (non-hydrogen) atoms. The molecule has 6 heterocycles. The summed E-state index contributed by atoms with van der Waals surface area (Å²) in [6.45, 7) is 15.8. The predicted molar refractivity (Wildman–Crippen MR) is 224 cm³/mol. The van der Waals surface area contributed by atoms with E-state index in [0.717, 1.165) is 18.4 Å². The van der Waals surface area contributed by atoms with Crippen LogP contribution in [-0.4, -0.2) is 149 Å². The zero-order valence-electron chi connectivity index (χ0n) is 37.8. The molecule has 0 amide bonds. The van der Waals surface area contributed by atoms with Gasteiger partial charge in [-0.05, 0) is 69.1 Å². The second kappa shape index (κ2) is 19.4. The number of esters is 1. The van der Waals surface area contributed by atoms with Crippen LogP contribution in [0, 0.1) is 23.7 Å². The second-order valence-corrected chi connectivity index (χ2v) is 19.3. The monoisotopic (exact) mass is 876 g/mol. The van der Waals surface area contributed by atoms with Gasteiger partial charge in [-0.1, -0.05) is 64.5 Å². The van der Waals surface area contributed by atoms with E-state index in [2.05, 4.69) is 26.8 Å². The highest BCUT2D eigenvalue weighted by Crippen LogP contribution is 2.48. The van der Waals surface area contributed by atoms with E-state index in [-0.39, 0.29) is 31.2 Å². The van der Waals surface area contributed by atoms with Crippen LogP contribution in [0.3, 0.4) is 0 Å². The van der Waals surface area contributed by atoms with Gasteiger partial charge in [0.1, 0.15) is 54.2 Å². The number of methoxy groups -OCH3 is 1. The first-order chi connectivity index (χ1) is 29.4. The van der Waals surface area contributed by atoms with Crippen LogP contribution < -0.4 is 0 Å². The lowest BCUT2D eigenvalue weighted by Crippen LogP contribution is -2.60. The largest absolute Gasteiger partial charge is 0.462 e. The number of hydrogen-bond acceptors (Lipinski definition) is 15. The average molecular weight is 877 g/mol. The minimum absolute atomic E-state index is 0.0169. The average Bonchev–Trinajstić information content (AvgIpc) is 3.58. The summed E-state index contributed by atoms with van der Waals surface area (Å²) in [4.78, 5) is 14.4. The number of fused-ring (bicyclic) bond motifs is 2. The maximum absolute atomic E-state index is 14.4. The summed E-state index contributed by atoms with van der Waals surface area (Å²) in [5, 5.41) is 55.0. The first-order valence-corrected chi connectivity index (χ1v) is 22.9. The summed E-state index contributed by atoms with van der Waals surface area (Å²) in [6, 6.07) is 0. The van der Waals surface area contributed by atoms with Crippen molar-refractivity contribution in [1.82, 2.24) is 0 Å². The molecule has 2 bridgehead atoms. The van der Waals surface area contributed by atoms with Crippen LogP contribution in [0.15, 0.2) is 47.1 Å². The van der Waals surface area contributed by atoms with E-state index in [1.54, 1.807) is 33.1 Å². The van der Waals surface area contributed by atoms with E-state index in [1.165, 1.54) is 0 Å². The topological polar surface area (TPSA) is 201 Å². The molecule has 15 heteroatoms. The van der Waals surface area contributed by atoms with Gasteiger partial charge in [0.25, 0.3) is 0 Å². The molecule has 350 valence electrons. The first kappa shape index (κ1) is 47.9. The summed E-state index contributed by atoms with van der Waals surface area (Å²) in [6.07, 6.45) is 0.978. The Morgan fingerprint density at radius 3 is 2.42 bits per heavy atom. The quantitative estimate of drug-likeness (QED) is 0.182. The highest BCUT2D eigenvalue weighted by molar-refractivity contribution is 5.78. The number of allylic oxidation sites excluding steroid dienone is 2. The fourth-order valence-corrected chi connectivity index (χ4v) is 10.7. The number of rotatable bonds is 7. The van der Waals surface area contributed by atoms with Gasteiger partial charge in [-0.2, -0.15) is 0 Å². The van der Waals surface area contributed by atoms with Gasteiger partial charge in [0.15, 0.2) is 18.4 Å². The van der Waals surface area contributed by atoms with Gasteiger partial charge in [-0.3, -0.25) is 4.79 Å². The lowest BCUT2D eigenvalue weighted by Gasteiger charge is -2.51. The van der Waals surface area contributed by atoms with Crippen LogP contribution in [0.1, 0.15) is 100 Å². The molecule has 1 aliphatic carbocycles. The van der Waals surface area contributed by atoms with Crippen molar-refractivity contribution in [2.75, 3.05) is 13.7 Å². The molecule has 0 aromatic heterocycles. The number of aliphatic hydroxyl groups excluding tert-OH is 4. The van der Waals surface area contributed by atoms with Gasteiger partial charge in [0, 0.05) is 38.7 Å². The third kappa shape index (κ3) is 9.45. The maximum Gasteiger partial charge on any atom is 0.316 e. The van der Waals surface area contributed by atoms with E-state index in [4.69, 9.17) is 42.6 Å². The third-order valence-electron chi connectivity index (χ3n) is 14.8. The molecule has 5 fully saturated rings. The predicted octanol–water partition coefficient (Wildman–Crippen LogP) is 3.92. The summed E-state index contributed by atoms with van der Waals surface area (Å²) >= 11 is 0. The van der Waals surface area contributed by atoms with Crippen molar-refractivity contribution in [1.29, 1.82) is 0 Å². The van der Waals surface area contributed by atoms with Crippen LogP contribution in [0.4, 0.5) is 0 Å². The van der Waals surface area contributed by atoms with Crippen LogP contribution >= 0.6 is 0 Å². The highest BCUT2D eigenvalue weighted by Gasteiger charge is 2.60. The zero-order chi connectivity index (χ0) is 44.8. The van der Waals surface area contributed by atoms with Crippen LogP contribution in [0.5, 0.6) is 0 Å². The molecule has 7 aliphatic rings. The Morgan fingerprint density at radius 2 is 1.69 bits per heavy atom. The van der Waals surface area contributed by atoms with Crippen molar-refractivity contribution in [3.63, 3.8) is 0 Å². The molecule has 5 N–H and O–H groups in total. The first-order valence-electron chi connectivity index (χ1n) is 22.9. The van der Waals surface area contributed by atoms with Gasteiger partial charge in [0.05, 0.1) is 43.2 Å². The molecular formula is C47H72O15. The van der Waals surface area contributed by atoms with Crippen molar-refractivity contribution in [3.8, 4) is 0 Å². The standard InChI is InChI=1S/C47H72O15/c1-10-23(2)41-26(5)16-17-46(62-41)21-32-19-31(61-46)15-14-25(4)40(24(3)12-11-13-30-22-55-43-36(48)27(6)18-33(44(52)58-32)47(30,43)53)59-35-20-34(54-9)42(29(8)56-35)60-45-39(51)38(50)37(49)28(7)57-45/h11-14,18,23-24,26,28-29,31-43,45,48-51,53H,10,15-17,19-22H2,1-9H3/b12-11+,25-14+,30-13+/t23-,24-,26-,28+,29-,31+,32-,33-,34-,35-,36+,37+,38-,39+,40-,41+,42-,43+,45-,46+,47+/m0/s1. The third-order valence-corrected chi connectivity index (χ3v) is 14.8. The molecule has 6 aliphatic heterocycles. The van der Waals surface area contributed by atoms with Crippen molar-refractivity contribution < 1.29 is 73.0 Å². The van der Waals surface area contributed by atoms with E-state index in [0.29, 0.717) is 48.7 Å². The molecule has 7 rings (SSSR count). The molecule has 0 aromatic carbocycles. The fraction of sp³-hybridized carbons (Fsp3) is 0.809. The summed E-state index contributed by atoms with van der Waals surface area (Å²) in [5.41, 5.74) is 0.0703. The highest BCUT2D eigenvalue weighted by atomic mass is 16.7. The smallest absolute Gasteiger partial charge is 0.316 e. The molecule has 1 spiro atoms. The van der Waals surface area contributed by atoms with Crippen LogP contribution in [0.25, 0.3) is 0 Å². The van der Waals surface area contributed by atoms with Gasteiger partial charge in [0.2, 0.25) is 0 Å². The minimum Gasteiger partial charge on any atom is -0.462 e. The second-order valence-electron chi connectivity index (χ2n) is 19.3. The molecule has 5 saturated heterocycles. The van der Waals surface area contributed by atoms with Crippen molar-refractivity contribution >= 4 is 5.97 Å². The number of carbonyl (C=O) groups excluding carboxylic acids is 1. The van der Waals surface area contributed by atoms with Crippen LogP contribution in [-0.2, 0) is 47.4 Å². The van der Waals surface area contributed by atoms with Crippen molar-refractivity contribution in [3.05, 3.63) is 47.1 Å². The number of aliphatic hydroxyl groups is 5. The molecule has 0 unspecified atom stereocenters. The lowest BCUT2D eigenvalue weighted by atomic mass is 9.71. The van der Waals surface area contributed by atoms with E-state index >= 15 is 0 Å². The minimum atomic E-state index is -1.85. The van der Waals surface area contributed by atoms with Crippen LogP contribution in [0.2, 0.25) is 0 Å². The van der Waals surface area contributed by atoms with Gasteiger partial charge in [-0.15, -0.1) is 0 Å². The Morgan fingerprint density at radius 1 is 0.935 bits per heavy atom. The number of hydrogen-bond donors (Lipinski definition) is 5. The van der Waals surface area contributed by atoms with E-state index < -0.39 is 103 Å². The molecule has 0 aromatic rings. The fourth-order valence-electron chi connectivity index (χ4n) is 10.7. The van der Waals surface area contributed by atoms with Gasteiger partial charge < -0.3 is 68.2 Å². The lowest BCUT2D eigenvalue weighted by molar-refractivity contribution is -0.341. The Labute approximate surface area is 366 Å². The maximum atomic E-state index is 14.4. The zero-order valence-corrected chi connectivity index (χ0v) is 37.8. The normalized spacial score (nSPS) is 50.6. The summed E-state index contributed by atoms with van der Waals surface area (Å²) < 4.78 is 57.5. The summed E-state index contributed by atoms with van der Waals surface area (Å²) in [7, 11) is 1.56. The molecule has 0 saturated carbocycles. The Hall–Kier alpha value is -2.09. The Balaban J connectivity index is 1.18. The SMILES string of the molecule is CC[C@H](C)[C@H]1O[C@]2(CC[C@@H]1C)C[C@@H]1C[C@@H](C/C=C(\C)[C@@H](O[C@H]3C[C@H](OC)[C@@H](O[C@@H]4O[C@H](C)[C@@H](O)[C@H](O)[C@H]4O)[C@H](C)O3)[C@@H](C)/C=C/C=C3\CO[C@@H]4[C@H](O)C(C)=C[C@@H](C(=O)O1)[C@]34O)O2. The van der Waals surface area contributed by atoms with Crippen molar-refractivity contribution in [2.24, 2.45) is 23.7 Å². The van der Waals surface area contributed by atoms with Crippen molar-refractivity contribution in [2.45, 2.75) is 204 Å². The Kier molecular flexibility index (Phi) is 15.0. The molecular weight excluding hydrogens is 805 g/mol. The van der Waals surface area contributed by atoms with Gasteiger partial charge >= 0.3 is 5.97 Å². The van der Waals surface area contributed by atoms with Gasteiger partial charge in [-0.25, -0.2) is 0 Å². The van der Waals surface area contributed by atoms with E-state index in [1.807, 2.05) is 32.9 Å².